The van der Waals surface area contributed by atoms with Crippen molar-refractivity contribution in [3.05, 3.63) is 64.7 Å². The number of hydrogen-bond donors (Lipinski definition) is 1. The molecule has 0 aliphatic rings. The summed E-state index contributed by atoms with van der Waals surface area (Å²) in [4.78, 5) is 10.7. The van der Waals surface area contributed by atoms with Crippen LogP contribution in [0.15, 0.2) is 53.7 Å². The highest BCUT2D eigenvalue weighted by molar-refractivity contribution is 7.98. The Kier molecular flexibility index (Phi) is 4.73. The summed E-state index contributed by atoms with van der Waals surface area (Å²) in [5, 5.41) is 20.0. The first kappa shape index (κ1) is 16.4. The molecule has 3 aromatic rings. The molecule has 0 bridgehead atoms. The van der Waals surface area contributed by atoms with Gasteiger partial charge in [0.2, 0.25) is 5.16 Å². The number of aromatic carboxylic acids is 1. The number of benzene rings is 2. The molecule has 0 saturated carbocycles. The van der Waals surface area contributed by atoms with Crippen LogP contribution in [0, 0.1) is 0 Å². The molecule has 122 valence electrons. The van der Waals surface area contributed by atoms with Crippen LogP contribution in [-0.2, 0) is 5.75 Å². The molecule has 0 saturated heterocycles. The van der Waals surface area contributed by atoms with E-state index >= 15 is 0 Å². The van der Waals surface area contributed by atoms with E-state index in [0.29, 0.717) is 27.3 Å². The largest absolute Gasteiger partial charge is 0.545 e. The minimum atomic E-state index is -1.19. The third-order valence-corrected chi connectivity index (χ3v) is 4.68. The van der Waals surface area contributed by atoms with E-state index in [0.717, 1.165) is 5.56 Å². The Morgan fingerprint density at radius 3 is 2.54 bits per heavy atom. The fraction of sp³-hybridized carbons (Fsp3) is 0.0625. The number of carbonyl (C=O) groups is 1. The molecule has 24 heavy (non-hydrogen) atoms. The Morgan fingerprint density at radius 2 is 1.88 bits per heavy atom. The van der Waals surface area contributed by atoms with Gasteiger partial charge in [0.25, 0.3) is 0 Å². The van der Waals surface area contributed by atoms with Crippen LogP contribution in [0.2, 0.25) is 5.02 Å². The van der Waals surface area contributed by atoms with Gasteiger partial charge in [-0.1, -0.05) is 59.8 Å². The monoisotopic (exact) mass is 359 g/mol. The average Bonchev–Trinajstić information content (AvgIpc) is 2.94. The van der Waals surface area contributed by atoms with Crippen molar-refractivity contribution in [1.82, 2.24) is 14.9 Å². The summed E-state index contributed by atoms with van der Waals surface area (Å²) >= 11 is 7.55. The van der Waals surface area contributed by atoms with Crippen molar-refractivity contribution in [3.8, 4) is 11.4 Å². The smallest absolute Gasteiger partial charge is 0.210 e. The highest BCUT2D eigenvalue weighted by atomic mass is 35.5. The van der Waals surface area contributed by atoms with Crippen LogP contribution in [0.4, 0.5) is 0 Å². The molecule has 0 aliphatic heterocycles. The molecule has 8 heteroatoms. The Hall–Kier alpha value is -2.51. The number of rotatable bonds is 5. The van der Waals surface area contributed by atoms with Gasteiger partial charge in [-0.25, -0.2) is 4.68 Å². The van der Waals surface area contributed by atoms with E-state index in [2.05, 4.69) is 10.2 Å². The first-order valence-electron chi connectivity index (χ1n) is 6.94. The van der Waals surface area contributed by atoms with Gasteiger partial charge in [-0.2, -0.15) is 0 Å². The van der Waals surface area contributed by atoms with Crippen LogP contribution in [0.25, 0.3) is 11.4 Å². The summed E-state index contributed by atoms with van der Waals surface area (Å²) in [7, 11) is 0. The van der Waals surface area contributed by atoms with E-state index in [1.165, 1.54) is 28.6 Å². The van der Waals surface area contributed by atoms with Gasteiger partial charge in [-0.15, -0.1) is 10.2 Å². The molecule has 0 spiro atoms. The summed E-state index contributed by atoms with van der Waals surface area (Å²) in [5.41, 5.74) is 1.79. The quantitative estimate of drug-likeness (QED) is 0.552. The number of halogens is 1. The van der Waals surface area contributed by atoms with Crippen LogP contribution in [0.1, 0.15) is 15.9 Å². The molecule has 0 aliphatic carbocycles. The second kappa shape index (κ2) is 6.94. The summed E-state index contributed by atoms with van der Waals surface area (Å²) in [5.74, 6) is 5.92. The molecular weight excluding hydrogens is 348 g/mol. The first-order valence-corrected chi connectivity index (χ1v) is 8.31. The Balaban J connectivity index is 1.75. The minimum Gasteiger partial charge on any atom is -0.545 e. The van der Waals surface area contributed by atoms with E-state index in [4.69, 9.17) is 17.4 Å². The van der Waals surface area contributed by atoms with E-state index in [-0.39, 0.29) is 5.56 Å². The molecule has 0 amide bonds. The maximum absolute atomic E-state index is 10.7. The van der Waals surface area contributed by atoms with E-state index in [1.807, 2.05) is 18.2 Å². The van der Waals surface area contributed by atoms with Crippen molar-refractivity contribution >= 4 is 29.3 Å². The van der Waals surface area contributed by atoms with Crippen molar-refractivity contribution in [2.45, 2.75) is 10.9 Å². The molecule has 2 aromatic carbocycles. The van der Waals surface area contributed by atoms with Gasteiger partial charge in [0.1, 0.15) is 0 Å². The van der Waals surface area contributed by atoms with Gasteiger partial charge < -0.3 is 15.7 Å². The number of aromatic nitrogens is 3. The van der Waals surface area contributed by atoms with Crippen LogP contribution in [0.3, 0.4) is 0 Å². The number of hydrogen-bond acceptors (Lipinski definition) is 6. The molecule has 1 aromatic heterocycles. The number of carboxylic acid groups (broad SMARTS) is 1. The zero-order valence-electron chi connectivity index (χ0n) is 12.3. The highest BCUT2D eigenvalue weighted by Gasteiger charge is 2.14. The fourth-order valence-corrected chi connectivity index (χ4v) is 3.12. The van der Waals surface area contributed by atoms with Gasteiger partial charge >= 0.3 is 0 Å². The lowest BCUT2D eigenvalue weighted by molar-refractivity contribution is -0.255. The SMILES string of the molecule is Nn1c(SCc2ccc(C(=O)[O-])cc2)nnc1-c1ccccc1Cl. The predicted octanol–water partition coefficient (Wildman–Crippen LogP) is 1.97. The molecule has 0 radical (unpaired) electrons. The standard InChI is InChI=1S/C16H13ClN4O2S/c17-13-4-2-1-3-12(13)14-19-20-16(21(14)18)24-9-10-5-7-11(8-6-10)15(22)23/h1-8H,9,18H2,(H,22,23)/p-1. The number of nitrogen functional groups attached to an aromatic ring is 1. The van der Waals surface area contributed by atoms with Gasteiger partial charge in [0.05, 0.1) is 11.0 Å². The summed E-state index contributed by atoms with van der Waals surface area (Å²) in [6.45, 7) is 0. The Labute approximate surface area is 147 Å². The topological polar surface area (TPSA) is 96.9 Å². The summed E-state index contributed by atoms with van der Waals surface area (Å²) in [6, 6.07) is 13.7. The van der Waals surface area contributed by atoms with Crippen molar-refractivity contribution in [2.24, 2.45) is 0 Å². The molecule has 3 rings (SSSR count). The zero-order valence-corrected chi connectivity index (χ0v) is 13.9. The fourth-order valence-electron chi connectivity index (χ4n) is 2.09. The summed E-state index contributed by atoms with van der Waals surface area (Å²) in [6.07, 6.45) is 0. The van der Waals surface area contributed by atoms with Crippen molar-refractivity contribution in [1.29, 1.82) is 0 Å². The maximum atomic E-state index is 10.7. The first-order chi connectivity index (χ1) is 11.6. The molecule has 0 fully saturated rings. The van der Waals surface area contributed by atoms with Gasteiger partial charge in [0, 0.05) is 11.3 Å². The predicted molar refractivity (Wildman–Crippen MR) is 91.0 cm³/mol. The number of thioether (sulfide) groups is 1. The molecule has 6 nitrogen and oxygen atoms in total. The second-order valence-corrected chi connectivity index (χ2v) is 6.28. The highest BCUT2D eigenvalue weighted by Crippen LogP contribution is 2.28. The normalized spacial score (nSPS) is 10.7. The number of nitrogens with two attached hydrogens (primary N) is 1. The van der Waals surface area contributed by atoms with Crippen LogP contribution in [-0.4, -0.2) is 20.8 Å². The van der Waals surface area contributed by atoms with E-state index < -0.39 is 5.97 Å². The molecule has 1 heterocycles. The Morgan fingerprint density at radius 1 is 1.17 bits per heavy atom. The summed E-state index contributed by atoms with van der Waals surface area (Å²) < 4.78 is 1.39. The molecule has 0 atom stereocenters. The van der Waals surface area contributed by atoms with E-state index in [9.17, 15) is 9.90 Å². The lowest BCUT2D eigenvalue weighted by atomic mass is 10.1. The lowest BCUT2D eigenvalue weighted by Crippen LogP contribution is -2.21. The molecule has 2 N–H and O–H groups in total. The third kappa shape index (κ3) is 3.37. The van der Waals surface area contributed by atoms with Gasteiger partial charge in [-0.3, -0.25) is 0 Å². The van der Waals surface area contributed by atoms with Crippen molar-refractivity contribution < 1.29 is 9.90 Å². The number of carboxylic acids is 1. The zero-order chi connectivity index (χ0) is 17.1. The van der Waals surface area contributed by atoms with Crippen molar-refractivity contribution in [3.63, 3.8) is 0 Å². The lowest BCUT2D eigenvalue weighted by Gasteiger charge is -2.06. The van der Waals surface area contributed by atoms with Crippen LogP contribution in [0.5, 0.6) is 0 Å². The number of nitrogens with zero attached hydrogens (tertiary/aromatic N) is 3. The van der Waals surface area contributed by atoms with Gasteiger partial charge in [-0.05, 0) is 23.3 Å². The number of carbonyl (C=O) groups excluding carboxylic acids is 1. The van der Waals surface area contributed by atoms with Gasteiger partial charge in [0.15, 0.2) is 5.82 Å². The van der Waals surface area contributed by atoms with Crippen LogP contribution < -0.4 is 10.9 Å². The second-order valence-electron chi connectivity index (χ2n) is 4.93. The average molecular weight is 360 g/mol. The van der Waals surface area contributed by atoms with Crippen LogP contribution >= 0.6 is 23.4 Å². The maximum Gasteiger partial charge on any atom is 0.210 e. The minimum absolute atomic E-state index is 0.145. The third-order valence-electron chi connectivity index (χ3n) is 3.34. The molecular formula is C16H12ClN4O2S-. The molecule has 0 unspecified atom stereocenters. The van der Waals surface area contributed by atoms with Crippen molar-refractivity contribution in [2.75, 3.05) is 5.84 Å². The van der Waals surface area contributed by atoms with E-state index in [1.54, 1.807) is 18.2 Å². The Bertz CT molecular complexity index is 880.